The molecule has 2 aromatic carbocycles. The van der Waals surface area contributed by atoms with Gasteiger partial charge in [0.1, 0.15) is 5.54 Å². The van der Waals surface area contributed by atoms with Crippen LogP contribution >= 0.6 is 34.7 Å². The first-order valence-corrected chi connectivity index (χ1v) is 12.6. The maximum Gasteiger partial charge on any atom is 0.250 e. The second-order valence-electron chi connectivity index (χ2n) is 8.20. The molecule has 4 unspecified atom stereocenters. The molecule has 0 aliphatic carbocycles. The fourth-order valence-corrected chi connectivity index (χ4v) is 7.82. The van der Waals surface area contributed by atoms with E-state index in [2.05, 4.69) is 10.2 Å². The number of halogens is 1. The van der Waals surface area contributed by atoms with Crippen LogP contribution < -0.4 is 5.32 Å². The lowest BCUT2D eigenvalue weighted by molar-refractivity contribution is -0.127. The van der Waals surface area contributed by atoms with Crippen LogP contribution in [0.15, 0.2) is 66.0 Å². The van der Waals surface area contributed by atoms with Crippen molar-refractivity contribution in [2.75, 3.05) is 16.9 Å². The van der Waals surface area contributed by atoms with Crippen molar-refractivity contribution in [2.45, 2.75) is 17.5 Å². The Morgan fingerprint density at radius 2 is 1.90 bits per heavy atom. The first kappa shape index (κ1) is 19.6. The zero-order chi connectivity index (χ0) is 21.2. The van der Waals surface area contributed by atoms with Gasteiger partial charge >= 0.3 is 0 Å². The number of thioether (sulfide) groups is 1. The Balaban J connectivity index is 1.62. The van der Waals surface area contributed by atoms with Crippen molar-refractivity contribution in [2.24, 2.45) is 5.92 Å². The van der Waals surface area contributed by atoms with Crippen molar-refractivity contribution in [1.29, 1.82) is 0 Å². The number of anilines is 1. The van der Waals surface area contributed by atoms with Gasteiger partial charge in [0.25, 0.3) is 0 Å². The van der Waals surface area contributed by atoms with Crippen molar-refractivity contribution >= 4 is 52.1 Å². The summed E-state index contributed by atoms with van der Waals surface area (Å²) in [5.41, 5.74) is 1.78. The molecule has 1 aromatic heterocycles. The average molecular weight is 467 g/mol. The molecule has 2 fully saturated rings. The van der Waals surface area contributed by atoms with Crippen LogP contribution in [0.3, 0.4) is 0 Å². The second kappa shape index (κ2) is 7.20. The summed E-state index contributed by atoms with van der Waals surface area (Å²) < 4.78 is 0. The van der Waals surface area contributed by atoms with E-state index in [1.807, 2.05) is 77.8 Å². The number of carbonyl (C=O) groups is 2. The van der Waals surface area contributed by atoms with Crippen molar-refractivity contribution in [3.05, 3.63) is 87.1 Å². The highest BCUT2D eigenvalue weighted by atomic mass is 35.5. The summed E-state index contributed by atoms with van der Waals surface area (Å²) in [7, 11) is 0. The third-order valence-corrected chi connectivity index (χ3v) is 9.00. The Morgan fingerprint density at radius 1 is 1.10 bits per heavy atom. The number of nitrogens with zero attached hydrogens (tertiary/aromatic N) is 1. The predicted molar refractivity (Wildman–Crippen MR) is 126 cm³/mol. The molecule has 156 valence electrons. The molecule has 2 saturated heterocycles. The first-order valence-electron chi connectivity index (χ1n) is 10.2. The molecule has 1 amide bonds. The Bertz CT molecular complexity index is 1180. The van der Waals surface area contributed by atoms with Gasteiger partial charge in [-0.3, -0.25) is 14.5 Å². The van der Waals surface area contributed by atoms with Crippen molar-refractivity contribution in [3.8, 4) is 0 Å². The zero-order valence-corrected chi connectivity index (χ0v) is 18.8. The third-order valence-electron chi connectivity index (χ3n) is 6.83. The summed E-state index contributed by atoms with van der Waals surface area (Å²) in [4.78, 5) is 30.8. The van der Waals surface area contributed by atoms with Crippen LogP contribution in [0, 0.1) is 5.92 Å². The summed E-state index contributed by atoms with van der Waals surface area (Å²) in [6.45, 7) is 0. The van der Waals surface area contributed by atoms with Gasteiger partial charge in [-0.15, -0.1) is 23.1 Å². The molecule has 0 bridgehead atoms. The van der Waals surface area contributed by atoms with Crippen LogP contribution in [0.25, 0.3) is 0 Å². The Morgan fingerprint density at radius 3 is 2.68 bits per heavy atom. The molecule has 4 heterocycles. The molecule has 31 heavy (non-hydrogen) atoms. The maximum atomic E-state index is 14.1. The Labute approximate surface area is 193 Å². The Hall–Kier alpha value is -2.12. The fraction of sp³-hybridized carbons (Fsp3) is 0.250. The number of nitrogens with one attached hydrogen (secondary N) is 1. The highest BCUT2D eigenvalue weighted by Gasteiger charge is 2.69. The molecule has 3 aromatic rings. The van der Waals surface area contributed by atoms with E-state index < -0.39 is 11.5 Å². The number of fused-ring (bicyclic) bond motifs is 4. The topological polar surface area (TPSA) is 49.4 Å². The first-order chi connectivity index (χ1) is 15.1. The minimum atomic E-state index is -1.00. The van der Waals surface area contributed by atoms with Crippen LogP contribution in [-0.2, 0) is 10.3 Å². The van der Waals surface area contributed by atoms with Gasteiger partial charge in [-0.05, 0) is 35.2 Å². The van der Waals surface area contributed by atoms with Crippen LogP contribution in [0.5, 0.6) is 0 Å². The van der Waals surface area contributed by atoms with E-state index in [1.165, 1.54) is 11.3 Å². The number of para-hydroxylation sites is 1. The fourth-order valence-electron chi connectivity index (χ4n) is 5.66. The number of ketones is 1. The van der Waals surface area contributed by atoms with Crippen molar-refractivity contribution in [1.82, 2.24) is 4.90 Å². The molecule has 4 atom stereocenters. The van der Waals surface area contributed by atoms with Gasteiger partial charge in [-0.2, -0.15) is 0 Å². The van der Waals surface area contributed by atoms with E-state index in [0.717, 1.165) is 28.4 Å². The third kappa shape index (κ3) is 2.65. The minimum absolute atomic E-state index is 0.0428. The molecule has 0 radical (unpaired) electrons. The van der Waals surface area contributed by atoms with Gasteiger partial charge in [-0.25, -0.2) is 0 Å². The summed E-state index contributed by atoms with van der Waals surface area (Å²) in [5.74, 6) is 0.957. The summed E-state index contributed by atoms with van der Waals surface area (Å²) in [6.07, 6.45) is 0. The standard InChI is InChI=1S/C24H19ClN2O2S2/c25-15-9-7-14(8-10-15)20-18-12-30-13-27(18)24(21(20)22(28)19-6-3-11-31-19)16-4-1-2-5-17(16)26-23(24)29/h1-11,18,20-21H,12-13H2,(H,26,29). The van der Waals surface area contributed by atoms with Crippen LogP contribution in [0.4, 0.5) is 5.69 Å². The van der Waals surface area contributed by atoms with E-state index in [-0.39, 0.29) is 23.7 Å². The average Bonchev–Trinajstić information content (AvgIpc) is 3.54. The predicted octanol–water partition coefficient (Wildman–Crippen LogP) is 5.22. The van der Waals surface area contributed by atoms with Crippen LogP contribution in [0.1, 0.15) is 26.7 Å². The van der Waals surface area contributed by atoms with Gasteiger partial charge in [-0.1, -0.05) is 48.0 Å². The zero-order valence-electron chi connectivity index (χ0n) is 16.5. The molecule has 3 aliphatic heterocycles. The lowest BCUT2D eigenvalue weighted by atomic mass is 9.70. The van der Waals surface area contributed by atoms with Crippen molar-refractivity contribution < 1.29 is 9.59 Å². The highest BCUT2D eigenvalue weighted by molar-refractivity contribution is 7.99. The number of carbonyl (C=O) groups excluding carboxylic acids is 2. The maximum absolute atomic E-state index is 14.1. The lowest BCUT2D eigenvalue weighted by Crippen LogP contribution is -2.52. The lowest BCUT2D eigenvalue weighted by Gasteiger charge is -2.36. The summed E-state index contributed by atoms with van der Waals surface area (Å²) in [6, 6.07) is 19.5. The molecule has 0 saturated carbocycles. The largest absolute Gasteiger partial charge is 0.324 e. The molecule has 4 nitrogen and oxygen atoms in total. The number of amides is 1. The molecular weight excluding hydrogens is 448 g/mol. The number of Topliss-reactive ketones (excluding diaryl/α,β-unsaturated/α-hetero) is 1. The van der Waals surface area contributed by atoms with E-state index in [4.69, 9.17) is 11.6 Å². The number of rotatable bonds is 3. The molecule has 1 N–H and O–H groups in total. The highest BCUT2D eigenvalue weighted by Crippen LogP contribution is 2.61. The molecule has 6 rings (SSSR count). The summed E-state index contributed by atoms with van der Waals surface area (Å²) in [5, 5.41) is 5.68. The van der Waals surface area contributed by atoms with Crippen molar-refractivity contribution in [3.63, 3.8) is 0 Å². The quantitative estimate of drug-likeness (QED) is 0.537. The van der Waals surface area contributed by atoms with Crippen LogP contribution in [0.2, 0.25) is 5.02 Å². The molecule has 7 heteroatoms. The number of hydrogen-bond donors (Lipinski definition) is 1. The number of hydrogen-bond acceptors (Lipinski definition) is 5. The number of benzene rings is 2. The van der Waals surface area contributed by atoms with E-state index in [9.17, 15) is 9.59 Å². The van der Waals surface area contributed by atoms with E-state index >= 15 is 0 Å². The van der Waals surface area contributed by atoms with Gasteiger partial charge in [0.05, 0.1) is 10.8 Å². The summed E-state index contributed by atoms with van der Waals surface area (Å²) >= 11 is 9.45. The second-order valence-corrected chi connectivity index (χ2v) is 10.6. The smallest absolute Gasteiger partial charge is 0.250 e. The molecule has 3 aliphatic rings. The molecule has 1 spiro atoms. The van der Waals surface area contributed by atoms with Crippen LogP contribution in [-0.4, -0.2) is 34.3 Å². The van der Waals surface area contributed by atoms with Gasteiger partial charge in [0, 0.05) is 39.9 Å². The van der Waals surface area contributed by atoms with E-state index in [1.54, 1.807) is 0 Å². The van der Waals surface area contributed by atoms with Gasteiger partial charge in [0.2, 0.25) is 5.91 Å². The van der Waals surface area contributed by atoms with E-state index in [0.29, 0.717) is 9.90 Å². The number of thiophene rings is 1. The molecular formula is C24H19ClN2O2S2. The SMILES string of the molecule is O=C(c1cccs1)C1C(c2ccc(Cl)cc2)C2CSCN2C12C(=O)Nc1ccccc12. The normalized spacial score (nSPS) is 29.2. The Kier molecular flexibility index (Phi) is 4.54. The minimum Gasteiger partial charge on any atom is -0.324 e. The van der Waals surface area contributed by atoms with Gasteiger partial charge in [0.15, 0.2) is 5.78 Å². The van der Waals surface area contributed by atoms with Gasteiger partial charge < -0.3 is 5.32 Å². The monoisotopic (exact) mass is 466 g/mol.